The summed E-state index contributed by atoms with van der Waals surface area (Å²) in [6, 6.07) is 21.2. The normalized spacial score (nSPS) is 12.9. The Labute approximate surface area is 196 Å². The summed E-state index contributed by atoms with van der Waals surface area (Å²) >= 11 is 0. The van der Waals surface area contributed by atoms with Crippen molar-refractivity contribution >= 4 is 18.0 Å². The summed E-state index contributed by atoms with van der Waals surface area (Å²) in [6.07, 6.45) is -0.545. The van der Waals surface area contributed by atoms with Crippen molar-refractivity contribution in [1.29, 1.82) is 0 Å². The average Bonchev–Trinajstić information content (AvgIpc) is 3.18. The highest BCUT2D eigenvalue weighted by molar-refractivity contribution is 5.96. The molecule has 8 heteroatoms. The summed E-state index contributed by atoms with van der Waals surface area (Å²) in [5.41, 5.74) is 5.56. The van der Waals surface area contributed by atoms with E-state index < -0.39 is 30.6 Å². The van der Waals surface area contributed by atoms with Crippen LogP contribution >= 0.6 is 0 Å². The Morgan fingerprint density at radius 2 is 1.47 bits per heavy atom. The number of carboxylic acid groups (broad SMARTS) is 1. The molecule has 0 radical (unpaired) electrons. The first-order chi connectivity index (χ1) is 16.5. The standard InChI is InChI=1S/C26H24N2O6/c29-14-23(25(31)32)28-24(30)17-11-9-16(10-12-17)13-27-26(33)34-15-22-20-7-3-1-5-18(20)19-6-2-4-8-21(19)22/h1-12,22-23,29H,13-15H2,(H,27,33)(H,28,30)(H,31,32)/t23-/m0/s1. The van der Waals surface area contributed by atoms with Crippen LogP contribution in [0.5, 0.6) is 0 Å². The predicted octanol–water partition coefficient (Wildman–Crippen LogP) is 2.90. The number of hydrogen-bond donors (Lipinski definition) is 4. The first kappa shape index (κ1) is 23.0. The fourth-order valence-corrected chi connectivity index (χ4v) is 4.02. The number of nitrogens with one attached hydrogen (secondary N) is 2. The number of aliphatic hydroxyl groups is 1. The molecule has 174 valence electrons. The van der Waals surface area contributed by atoms with Crippen molar-refractivity contribution in [1.82, 2.24) is 10.6 Å². The largest absolute Gasteiger partial charge is 0.480 e. The van der Waals surface area contributed by atoms with Gasteiger partial charge in [0, 0.05) is 18.0 Å². The number of alkyl carbamates (subject to hydrolysis) is 1. The van der Waals surface area contributed by atoms with E-state index in [4.69, 9.17) is 14.9 Å². The second kappa shape index (κ2) is 10.2. The molecule has 0 aromatic heterocycles. The predicted molar refractivity (Wildman–Crippen MR) is 124 cm³/mol. The number of benzene rings is 3. The number of rotatable bonds is 8. The number of aliphatic carboxylic acids is 1. The molecule has 0 aliphatic heterocycles. The van der Waals surface area contributed by atoms with Crippen molar-refractivity contribution in [2.24, 2.45) is 0 Å². The quantitative estimate of drug-likeness (QED) is 0.410. The molecule has 4 rings (SSSR count). The van der Waals surface area contributed by atoms with Crippen molar-refractivity contribution in [3.05, 3.63) is 95.1 Å². The van der Waals surface area contributed by atoms with Crippen LogP contribution in [0.4, 0.5) is 4.79 Å². The van der Waals surface area contributed by atoms with E-state index in [0.29, 0.717) is 0 Å². The molecular formula is C26H24N2O6. The third-order valence-corrected chi connectivity index (χ3v) is 5.78. The molecule has 34 heavy (non-hydrogen) atoms. The van der Waals surface area contributed by atoms with Gasteiger partial charge in [-0.1, -0.05) is 60.7 Å². The second-order valence-electron chi connectivity index (χ2n) is 7.92. The van der Waals surface area contributed by atoms with Gasteiger partial charge in [-0.3, -0.25) is 4.79 Å². The zero-order valence-electron chi connectivity index (χ0n) is 18.2. The maximum Gasteiger partial charge on any atom is 0.407 e. The maximum absolute atomic E-state index is 12.3. The molecule has 0 saturated carbocycles. The lowest BCUT2D eigenvalue weighted by molar-refractivity contribution is -0.140. The van der Waals surface area contributed by atoms with Crippen molar-refractivity contribution in [3.8, 4) is 11.1 Å². The highest BCUT2D eigenvalue weighted by atomic mass is 16.5. The first-order valence-electron chi connectivity index (χ1n) is 10.8. The van der Waals surface area contributed by atoms with Crippen LogP contribution in [0.25, 0.3) is 11.1 Å². The Bertz CT molecular complexity index is 1160. The van der Waals surface area contributed by atoms with Gasteiger partial charge in [0.15, 0.2) is 6.04 Å². The lowest BCUT2D eigenvalue weighted by Crippen LogP contribution is -2.43. The molecular weight excluding hydrogens is 436 g/mol. The minimum Gasteiger partial charge on any atom is -0.480 e. The van der Waals surface area contributed by atoms with E-state index in [-0.39, 0.29) is 24.6 Å². The molecule has 0 bridgehead atoms. The van der Waals surface area contributed by atoms with Gasteiger partial charge in [-0.05, 0) is 39.9 Å². The highest BCUT2D eigenvalue weighted by Gasteiger charge is 2.29. The zero-order valence-corrected chi connectivity index (χ0v) is 18.2. The van der Waals surface area contributed by atoms with Gasteiger partial charge in [0.2, 0.25) is 0 Å². The van der Waals surface area contributed by atoms with Crippen molar-refractivity contribution in [2.45, 2.75) is 18.5 Å². The minimum atomic E-state index is -1.37. The molecule has 2 amide bonds. The summed E-state index contributed by atoms with van der Waals surface area (Å²) in [5.74, 6) is -1.96. The number of hydrogen-bond acceptors (Lipinski definition) is 5. The number of ether oxygens (including phenoxy) is 1. The lowest BCUT2D eigenvalue weighted by Gasteiger charge is -2.15. The van der Waals surface area contributed by atoms with E-state index in [1.165, 1.54) is 12.1 Å². The fraction of sp³-hybridized carbons (Fsp3) is 0.192. The maximum atomic E-state index is 12.3. The molecule has 8 nitrogen and oxygen atoms in total. The van der Waals surface area contributed by atoms with E-state index in [1.54, 1.807) is 12.1 Å². The fourth-order valence-electron chi connectivity index (χ4n) is 4.02. The van der Waals surface area contributed by atoms with E-state index in [9.17, 15) is 14.4 Å². The van der Waals surface area contributed by atoms with Gasteiger partial charge in [-0.15, -0.1) is 0 Å². The number of carbonyl (C=O) groups is 3. The molecule has 0 heterocycles. The van der Waals surface area contributed by atoms with Gasteiger partial charge < -0.3 is 25.6 Å². The summed E-state index contributed by atoms with van der Waals surface area (Å²) in [7, 11) is 0. The monoisotopic (exact) mass is 460 g/mol. The van der Waals surface area contributed by atoms with E-state index in [0.717, 1.165) is 27.8 Å². The van der Waals surface area contributed by atoms with E-state index >= 15 is 0 Å². The van der Waals surface area contributed by atoms with Crippen molar-refractivity contribution in [2.75, 3.05) is 13.2 Å². The van der Waals surface area contributed by atoms with Crippen LogP contribution in [0.3, 0.4) is 0 Å². The smallest absolute Gasteiger partial charge is 0.407 e. The zero-order chi connectivity index (χ0) is 24.1. The van der Waals surface area contributed by atoms with Gasteiger partial charge in [0.1, 0.15) is 6.61 Å². The Balaban J connectivity index is 1.30. The number of fused-ring (bicyclic) bond motifs is 3. The number of carbonyl (C=O) groups excluding carboxylic acids is 2. The molecule has 0 saturated heterocycles. The molecule has 1 aliphatic rings. The van der Waals surface area contributed by atoms with Crippen LogP contribution in [0.2, 0.25) is 0 Å². The number of carboxylic acids is 1. The molecule has 0 spiro atoms. The lowest BCUT2D eigenvalue weighted by atomic mass is 9.98. The average molecular weight is 460 g/mol. The van der Waals surface area contributed by atoms with E-state index in [1.807, 2.05) is 24.3 Å². The number of aliphatic hydroxyl groups excluding tert-OH is 1. The Hall–Kier alpha value is -4.17. The summed E-state index contributed by atoms with van der Waals surface area (Å²) in [4.78, 5) is 35.4. The van der Waals surface area contributed by atoms with Crippen molar-refractivity contribution < 1.29 is 29.3 Å². The van der Waals surface area contributed by atoms with Gasteiger partial charge in [0.25, 0.3) is 5.91 Å². The molecule has 0 fully saturated rings. The van der Waals surface area contributed by atoms with Gasteiger partial charge >= 0.3 is 12.1 Å². The van der Waals surface area contributed by atoms with Crippen LogP contribution < -0.4 is 10.6 Å². The van der Waals surface area contributed by atoms with Gasteiger partial charge in [-0.25, -0.2) is 9.59 Å². The SMILES string of the molecule is O=C(NCc1ccc(C(=O)N[C@@H](CO)C(=O)O)cc1)OCC1c2ccccc2-c2ccccc21. The number of amides is 2. The third-order valence-electron chi connectivity index (χ3n) is 5.78. The van der Waals surface area contributed by atoms with Crippen LogP contribution in [0, 0.1) is 0 Å². The van der Waals surface area contributed by atoms with E-state index in [2.05, 4.69) is 34.9 Å². The third kappa shape index (κ3) is 4.92. The summed E-state index contributed by atoms with van der Waals surface area (Å²) in [6.45, 7) is -0.287. The minimum absolute atomic E-state index is 0.0236. The molecule has 4 N–H and O–H groups in total. The summed E-state index contributed by atoms with van der Waals surface area (Å²) < 4.78 is 5.51. The second-order valence-corrected chi connectivity index (χ2v) is 7.92. The van der Waals surface area contributed by atoms with Crippen LogP contribution in [-0.4, -0.2) is 47.4 Å². The van der Waals surface area contributed by atoms with Crippen LogP contribution in [0.1, 0.15) is 33.0 Å². The Morgan fingerprint density at radius 1 is 0.882 bits per heavy atom. The molecule has 1 atom stereocenters. The topological polar surface area (TPSA) is 125 Å². The highest BCUT2D eigenvalue weighted by Crippen LogP contribution is 2.44. The van der Waals surface area contributed by atoms with Crippen LogP contribution in [-0.2, 0) is 16.1 Å². The molecule has 3 aromatic carbocycles. The summed E-state index contributed by atoms with van der Waals surface area (Å²) in [5, 5.41) is 22.9. The van der Waals surface area contributed by atoms with Crippen LogP contribution in [0.15, 0.2) is 72.8 Å². The molecule has 3 aromatic rings. The Morgan fingerprint density at radius 3 is 2.03 bits per heavy atom. The van der Waals surface area contributed by atoms with Gasteiger partial charge in [-0.2, -0.15) is 0 Å². The van der Waals surface area contributed by atoms with Crippen molar-refractivity contribution in [3.63, 3.8) is 0 Å². The molecule has 0 unspecified atom stereocenters. The van der Waals surface area contributed by atoms with Gasteiger partial charge in [0.05, 0.1) is 6.61 Å². The first-order valence-corrected chi connectivity index (χ1v) is 10.8. The Kier molecular flexibility index (Phi) is 6.89. The molecule has 1 aliphatic carbocycles.